The number of methoxy groups -OCH3 is 1. The number of ether oxygens (including phenoxy) is 2. The Morgan fingerprint density at radius 3 is 3.18 bits per heavy atom. The summed E-state index contributed by atoms with van der Waals surface area (Å²) in [5, 5.41) is 2.14. The van der Waals surface area contributed by atoms with Crippen molar-refractivity contribution in [2.75, 3.05) is 26.8 Å². The zero-order chi connectivity index (χ0) is 11.7. The van der Waals surface area contributed by atoms with Gasteiger partial charge in [0, 0.05) is 44.6 Å². The maximum atomic E-state index is 5.96. The lowest BCUT2D eigenvalue weighted by molar-refractivity contribution is -0.195. The third-order valence-electron chi connectivity index (χ3n) is 3.76. The second-order valence-electron chi connectivity index (χ2n) is 5.11. The van der Waals surface area contributed by atoms with Gasteiger partial charge in [-0.25, -0.2) is 0 Å². The third-order valence-corrected chi connectivity index (χ3v) is 4.63. The van der Waals surface area contributed by atoms with Crippen LogP contribution >= 0.6 is 11.3 Å². The lowest BCUT2D eigenvalue weighted by Crippen LogP contribution is -2.65. The standard InChI is InChI=1S/C13H19NO2S/c1-15-11-4-5-16-13(7-11)9-14(10-13)8-12-3-2-6-17-12/h2-3,6,11H,4-5,7-10H2,1H3. The normalized spacial score (nSPS) is 28.2. The Labute approximate surface area is 106 Å². The average Bonchev–Trinajstić information content (AvgIpc) is 2.80. The van der Waals surface area contributed by atoms with Crippen molar-refractivity contribution in [2.45, 2.75) is 31.1 Å². The molecule has 1 unspecified atom stereocenters. The molecule has 0 aliphatic carbocycles. The summed E-state index contributed by atoms with van der Waals surface area (Å²) in [5.74, 6) is 0. The SMILES string of the molecule is COC1CCOC2(C1)CN(Cc1cccs1)C2. The molecule has 3 rings (SSSR count). The molecule has 2 aliphatic heterocycles. The van der Waals surface area contributed by atoms with Crippen LogP contribution < -0.4 is 0 Å². The van der Waals surface area contributed by atoms with Gasteiger partial charge in [-0.1, -0.05) is 6.07 Å². The molecule has 1 spiro atoms. The first kappa shape index (κ1) is 11.7. The Kier molecular flexibility index (Phi) is 3.21. The van der Waals surface area contributed by atoms with Gasteiger partial charge in [-0.2, -0.15) is 0 Å². The van der Waals surface area contributed by atoms with E-state index >= 15 is 0 Å². The highest BCUT2D eigenvalue weighted by Crippen LogP contribution is 2.36. The fourth-order valence-corrected chi connectivity index (χ4v) is 3.65. The van der Waals surface area contributed by atoms with E-state index < -0.39 is 0 Å². The highest BCUT2D eigenvalue weighted by molar-refractivity contribution is 7.09. The van der Waals surface area contributed by atoms with E-state index in [0.29, 0.717) is 6.10 Å². The van der Waals surface area contributed by atoms with E-state index in [1.807, 2.05) is 18.4 Å². The molecule has 0 aromatic carbocycles. The van der Waals surface area contributed by atoms with Gasteiger partial charge in [-0.15, -0.1) is 11.3 Å². The number of nitrogens with zero attached hydrogens (tertiary/aromatic N) is 1. The molecule has 2 fully saturated rings. The lowest BCUT2D eigenvalue weighted by Gasteiger charge is -2.53. The Hall–Kier alpha value is -0.420. The molecule has 2 saturated heterocycles. The highest BCUT2D eigenvalue weighted by atomic mass is 32.1. The van der Waals surface area contributed by atoms with E-state index in [1.54, 1.807) is 0 Å². The van der Waals surface area contributed by atoms with Crippen molar-refractivity contribution < 1.29 is 9.47 Å². The van der Waals surface area contributed by atoms with E-state index in [1.165, 1.54) is 4.88 Å². The largest absolute Gasteiger partial charge is 0.381 e. The summed E-state index contributed by atoms with van der Waals surface area (Å²) in [4.78, 5) is 3.91. The third kappa shape index (κ3) is 2.40. The van der Waals surface area contributed by atoms with E-state index in [0.717, 1.165) is 39.1 Å². The maximum Gasteiger partial charge on any atom is 0.0959 e. The number of thiophene rings is 1. The molecular weight excluding hydrogens is 234 g/mol. The van der Waals surface area contributed by atoms with Crippen LogP contribution in [-0.4, -0.2) is 43.4 Å². The van der Waals surface area contributed by atoms with E-state index in [9.17, 15) is 0 Å². The molecule has 3 heterocycles. The van der Waals surface area contributed by atoms with Crippen molar-refractivity contribution in [2.24, 2.45) is 0 Å². The molecule has 1 atom stereocenters. The summed E-state index contributed by atoms with van der Waals surface area (Å²) in [5.41, 5.74) is 0.0934. The highest BCUT2D eigenvalue weighted by Gasteiger charge is 2.47. The summed E-state index contributed by atoms with van der Waals surface area (Å²) >= 11 is 1.83. The second-order valence-corrected chi connectivity index (χ2v) is 6.14. The van der Waals surface area contributed by atoms with Gasteiger partial charge in [0.05, 0.1) is 11.7 Å². The second kappa shape index (κ2) is 4.69. The molecule has 94 valence electrons. The van der Waals surface area contributed by atoms with Crippen molar-refractivity contribution in [1.29, 1.82) is 0 Å². The van der Waals surface area contributed by atoms with E-state index in [-0.39, 0.29) is 5.60 Å². The Morgan fingerprint density at radius 2 is 2.47 bits per heavy atom. The van der Waals surface area contributed by atoms with Gasteiger partial charge in [0.15, 0.2) is 0 Å². The molecule has 0 saturated carbocycles. The molecule has 1 aromatic heterocycles. The maximum absolute atomic E-state index is 5.96. The summed E-state index contributed by atoms with van der Waals surface area (Å²) < 4.78 is 11.4. The average molecular weight is 253 g/mol. The molecule has 2 aliphatic rings. The van der Waals surface area contributed by atoms with Crippen LogP contribution in [0.15, 0.2) is 17.5 Å². The summed E-state index contributed by atoms with van der Waals surface area (Å²) in [6.45, 7) is 4.04. The summed E-state index contributed by atoms with van der Waals surface area (Å²) in [7, 11) is 1.81. The molecule has 0 radical (unpaired) electrons. The molecule has 0 amide bonds. The van der Waals surface area contributed by atoms with Gasteiger partial charge in [-0.05, 0) is 17.9 Å². The summed E-state index contributed by atoms with van der Waals surface area (Å²) in [6.07, 6.45) is 2.50. The van der Waals surface area contributed by atoms with Gasteiger partial charge < -0.3 is 9.47 Å². The number of likely N-dealkylation sites (tertiary alicyclic amines) is 1. The van der Waals surface area contributed by atoms with Crippen LogP contribution in [0.4, 0.5) is 0 Å². The molecule has 4 heteroatoms. The van der Waals surface area contributed by atoms with Crippen LogP contribution in [-0.2, 0) is 16.0 Å². The zero-order valence-corrected chi connectivity index (χ0v) is 11.0. The monoisotopic (exact) mass is 253 g/mol. The van der Waals surface area contributed by atoms with Crippen LogP contribution in [0.1, 0.15) is 17.7 Å². The minimum Gasteiger partial charge on any atom is -0.381 e. The van der Waals surface area contributed by atoms with Crippen LogP contribution in [0.2, 0.25) is 0 Å². The number of rotatable bonds is 3. The predicted molar refractivity (Wildman–Crippen MR) is 68.3 cm³/mol. The quantitative estimate of drug-likeness (QED) is 0.823. The van der Waals surface area contributed by atoms with Crippen molar-refractivity contribution in [3.63, 3.8) is 0 Å². The van der Waals surface area contributed by atoms with Crippen LogP contribution in [0, 0.1) is 0 Å². The number of hydrogen-bond acceptors (Lipinski definition) is 4. The molecular formula is C13H19NO2S. The van der Waals surface area contributed by atoms with Crippen molar-refractivity contribution in [3.8, 4) is 0 Å². The van der Waals surface area contributed by atoms with Crippen LogP contribution in [0.5, 0.6) is 0 Å². The van der Waals surface area contributed by atoms with Gasteiger partial charge in [0.2, 0.25) is 0 Å². The molecule has 0 bridgehead atoms. The molecule has 17 heavy (non-hydrogen) atoms. The smallest absolute Gasteiger partial charge is 0.0959 e. The fraction of sp³-hybridized carbons (Fsp3) is 0.692. The minimum atomic E-state index is 0.0934. The van der Waals surface area contributed by atoms with Crippen LogP contribution in [0.3, 0.4) is 0 Å². The van der Waals surface area contributed by atoms with Gasteiger partial charge in [0.1, 0.15) is 0 Å². The van der Waals surface area contributed by atoms with E-state index in [4.69, 9.17) is 9.47 Å². The van der Waals surface area contributed by atoms with Crippen molar-refractivity contribution in [1.82, 2.24) is 4.90 Å². The lowest BCUT2D eigenvalue weighted by atomic mass is 9.84. The Balaban J connectivity index is 1.53. The topological polar surface area (TPSA) is 21.7 Å². The van der Waals surface area contributed by atoms with Gasteiger partial charge >= 0.3 is 0 Å². The molecule has 0 N–H and O–H groups in total. The Morgan fingerprint density at radius 1 is 1.59 bits per heavy atom. The fourth-order valence-electron chi connectivity index (χ4n) is 2.91. The summed E-state index contributed by atoms with van der Waals surface area (Å²) in [6, 6.07) is 4.32. The first-order valence-corrected chi connectivity index (χ1v) is 7.09. The zero-order valence-electron chi connectivity index (χ0n) is 10.2. The Bertz CT molecular complexity index is 360. The van der Waals surface area contributed by atoms with Gasteiger partial charge in [0.25, 0.3) is 0 Å². The van der Waals surface area contributed by atoms with E-state index in [2.05, 4.69) is 22.4 Å². The molecule has 1 aromatic rings. The number of hydrogen-bond donors (Lipinski definition) is 0. The van der Waals surface area contributed by atoms with Crippen molar-refractivity contribution in [3.05, 3.63) is 22.4 Å². The predicted octanol–water partition coefficient (Wildman–Crippen LogP) is 2.13. The van der Waals surface area contributed by atoms with Crippen LogP contribution in [0.25, 0.3) is 0 Å². The van der Waals surface area contributed by atoms with Gasteiger partial charge in [-0.3, -0.25) is 4.90 Å². The van der Waals surface area contributed by atoms with Crippen molar-refractivity contribution >= 4 is 11.3 Å². The minimum absolute atomic E-state index is 0.0934. The first-order chi connectivity index (χ1) is 8.30. The first-order valence-electron chi connectivity index (χ1n) is 6.21. The molecule has 3 nitrogen and oxygen atoms in total.